The van der Waals surface area contributed by atoms with Crippen LogP contribution in [0.5, 0.6) is 0 Å². The van der Waals surface area contributed by atoms with Crippen molar-refractivity contribution in [1.82, 2.24) is 0 Å². The van der Waals surface area contributed by atoms with Crippen molar-refractivity contribution >= 4 is 11.8 Å². The Balaban J connectivity index is 1.87. The molecule has 15 heavy (non-hydrogen) atoms. The Labute approximate surface area is 98.6 Å². The molecule has 88 valence electrons. The molecule has 2 fully saturated rings. The maximum absolute atomic E-state index is 6.45. The van der Waals surface area contributed by atoms with Gasteiger partial charge in [0.25, 0.3) is 0 Å². The fraction of sp³-hybridized carbons (Fsp3) is 1.00. The van der Waals surface area contributed by atoms with Gasteiger partial charge in [-0.1, -0.05) is 20.3 Å². The molecule has 2 aliphatic rings. The van der Waals surface area contributed by atoms with Gasteiger partial charge in [-0.05, 0) is 54.4 Å². The zero-order chi connectivity index (χ0) is 10.8. The summed E-state index contributed by atoms with van der Waals surface area (Å²) in [6, 6.07) is 0.495. The third-order valence-corrected chi connectivity index (χ3v) is 5.88. The summed E-state index contributed by atoms with van der Waals surface area (Å²) in [4.78, 5) is 0. The van der Waals surface area contributed by atoms with Crippen LogP contribution >= 0.6 is 11.8 Å². The van der Waals surface area contributed by atoms with E-state index in [9.17, 15) is 0 Å². The van der Waals surface area contributed by atoms with Crippen LogP contribution in [0, 0.1) is 23.7 Å². The maximum Gasteiger partial charge on any atom is 0.0104 e. The Hall–Kier alpha value is 0.310. The molecule has 1 nitrogen and oxygen atoms in total. The van der Waals surface area contributed by atoms with Crippen LogP contribution in [0.3, 0.4) is 0 Å². The van der Waals surface area contributed by atoms with Gasteiger partial charge in [-0.2, -0.15) is 11.8 Å². The summed E-state index contributed by atoms with van der Waals surface area (Å²) < 4.78 is 0. The zero-order valence-corrected chi connectivity index (χ0v) is 10.9. The monoisotopic (exact) mass is 227 g/mol. The van der Waals surface area contributed by atoms with Crippen molar-refractivity contribution < 1.29 is 0 Å². The number of nitrogens with two attached hydrogens (primary N) is 1. The fourth-order valence-electron chi connectivity index (χ4n) is 3.18. The van der Waals surface area contributed by atoms with Gasteiger partial charge in [0.05, 0.1) is 0 Å². The van der Waals surface area contributed by atoms with E-state index in [2.05, 4.69) is 25.6 Å². The lowest BCUT2D eigenvalue weighted by molar-refractivity contribution is 0.165. The number of thioether (sulfide) groups is 1. The van der Waals surface area contributed by atoms with E-state index in [4.69, 9.17) is 5.73 Å². The van der Waals surface area contributed by atoms with Crippen LogP contribution in [0.1, 0.15) is 39.5 Å². The van der Waals surface area contributed by atoms with Crippen LogP contribution < -0.4 is 5.73 Å². The minimum atomic E-state index is 0.495. The minimum absolute atomic E-state index is 0.495. The largest absolute Gasteiger partial charge is 0.327 e. The molecule has 0 aromatic rings. The summed E-state index contributed by atoms with van der Waals surface area (Å²) >= 11 is 2.10. The molecule has 1 aliphatic heterocycles. The third kappa shape index (κ3) is 2.71. The standard InChI is InChI=1S/C13H25NS/c1-9-3-4-11(7-10(9)2)13(14)12-5-6-15-8-12/h9-13H,3-8,14H2,1-2H3. The first-order chi connectivity index (χ1) is 7.18. The average molecular weight is 227 g/mol. The van der Waals surface area contributed by atoms with Crippen LogP contribution in [0.25, 0.3) is 0 Å². The quantitative estimate of drug-likeness (QED) is 0.784. The molecule has 1 aliphatic carbocycles. The molecule has 2 N–H and O–H groups in total. The highest BCUT2D eigenvalue weighted by Gasteiger charge is 2.33. The number of rotatable bonds is 2. The Morgan fingerprint density at radius 2 is 1.87 bits per heavy atom. The lowest BCUT2D eigenvalue weighted by atomic mass is 9.71. The highest BCUT2D eigenvalue weighted by atomic mass is 32.2. The molecule has 0 bridgehead atoms. The first-order valence-corrected chi connectivity index (χ1v) is 7.67. The molecule has 2 rings (SSSR count). The second kappa shape index (κ2) is 5.09. The van der Waals surface area contributed by atoms with E-state index in [0.29, 0.717) is 6.04 Å². The van der Waals surface area contributed by atoms with Crippen molar-refractivity contribution in [2.24, 2.45) is 29.4 Å². The molecule has 0 radical (unpaired) electrons. The van der Waals surface area contributed by atoms with Crippen molar-refractivity contribution in [3.8, 4) is 0 Å². The molecule has 1 heterocycles. The van der Waals surface area contributed by atoms with Crippen molar-refractivity contribution in [1.29, 1.82) is 0 Å². The Morgan fingerprint density at radius 3 is 2.47 bits per heavy atom. The Kier molecular flexibility index (Phi) is 4.00. The van der Waals surface area contributed by atoms with Crippen LogP contribution in [0.4, 0.5) is 0 Å². The Morgan fingerprint density at radius 1 is 1.07 bits per heavy atom. The molecular weight excluding hydrogens is 202 g/mol. The molecule has 1 saturated heterocycles. The predicted molar refractivity (Wildman–Crippen MR) is 69.1 cm³/mol. The van der Waals surface area contributed by atoms with Crippen LogP contribution in [0.2, 0.25) is 0 Å². The van der Waals surface area contributed by atoms with Crippen molar-refractivity contribution in [2.75, 3.05) is 11.5 Å². The summed E-state index contributed by atoms with van der Waals surface area (Å²) in [5.74, 6) is 6.12. The van der Waals surface area contributed by atoms with Crippen LogP contribution in [0.15, 0.2) is 0 Å². The van der Waals surface area contributed by atoms with Gasteiger partial charge < -0.3 is 5.73 Å². The molecule has 0 spiro atoms. The second-order valence-electron chi connectivity index (χ2n) is 5.73. The van der Waals surface area contributed by atoms with E-state index in [1.54, 1.807) is 0 Å². The molecule has 0 amide bonds. The van der Waals surface area contributed by atoms with Gasteiger partial charge in [0.2, 0.25) is 0 Å². The molecule has 0 aromatic heterocycles. The van der Waals surface area contributed by atoms with Gasteiger partial charge in [-0.15, -0.1) is 0 Å². The van der Waals surface area contributed by atoms with Crippen LogP contribution in [-0.2, 0) is 0 Å². The van der Waals surface area contributed by atoms with E-state index >= 15 is 0 Å². The summed E-state index contributed by atoms with van der Waals surface area (Å²) in [7, 11) is 0. The maximum atomic E-state index is 6.45. The van der Waals surface area contributed by atoms with Gasteiger partial charge in [-0.3, -0.25) is 0 Å². The summed E-state index contributed by atoms with van der Waals surface area (Å²) in [5, 5.41) is 0. The first kappa shape index (κ1) is 11.8. The molecule has 5 atom stereocenters. The minimum Gasteiger partial charge on any atom is -0.327 e. The fourth-order valence-corrected chi connectivity index (χ4v) is 4.51. The second-order valence-corrected chi connectivity index (χ2v) is 6.88. The van der Waals surface area contributed by atoms with Gasteiger partial charge in [-0.25, -0.2) is 0 Å². The summed E-state index contributed by atoms with van der Waals surface area (Å²) in [6.07, 6.45) is 5.53. The van der Waals surface area contributed by atoms with Crippen molar-refractivity contribution in [2.45, 2.75) is 45.6 Å². The number of hydrogen-bond acceptors (Lipinski definition) is 2. The van der Waals surface area contributed by atoms with Gasteiger partial charge in [0, 0.05) is 6.04 Å². The zero-order valence-electron chi connectivity index (χ0n) is 10.1. The summed E-state index contributed by atoms with van der Waals surface area (Å²) in [6.45, 7) is 4.81. The lowest BCUT2D eigenvalue weighted by Crippen LogP contribution is -2.41. The highest BCUT2D eigenvalue weighted by molar-refractivity contribution is 7.99. The van der Waals surface area contributed by atoms with E-state index < -0.39 is 0 Å². The van der Waals surface area contributed by atoms with E-state index in [0.717, 1.165) is 23.7 Å². The Bertz CT molecular complexity index is 201. The first-order valence-electron chi connectivity index (χ1n) is 6.51. The molecule has 2 heteroatoms. The normalized spacial score (nSPS) is 44.2. The van der Waals surface area contributed by atoms with E-state index in [1.807, 2.05) is 0 Å². The molecular formula is C13H25NS. The predicted octanol–water partition coefficient (Wildman–Crippen LogP) is 3.14. The van der Waals surface area contributed by atoms with Gasteiger partial charge in [0.1, 0.15) is 0 Å². The summed E-state index contributed by atoms with van der Waals surface area (Å²) in [5.41, 5.74) is 6.45. The van der Waals surface area contributed by atoms with Crippen molar-refractivity contribution in [3.05, 3.63) is 0 Å². The average Bonchev–Trinajstić information content (AvgIpc) is 2.74. The smallest absolute Gasteiger partial charge is 0.0104 e. The lowest BCUT2D eigenvalue weighted by Gasteiger charge is -2.37. The van der Waals surface area contributed by atoms with Crippen LogP contribution in [-0.4, -0.2) is 17.5 Å². The number of hydrogen-bond donors (Lipinski definition) is 1. The highest BCUT2D eigenvalue weighted by Crippen LogP contribution is 2.38. The molecule has 1 saturated carbocycles. The van der Waals surface area contributed by atoms with E-state index in [-0.39, 0.29) is 0 Å². The topological polar surface area (TPSA) is 26.0 Å². The SMILES string of the molecule is CC1CCC(C(N)C2CCSC2)CC1C. The molecule has 0 aromatic carbocycles. The van der Waals surface area contributed by atoms with Gasteiger partial charge >= 0.3 is 0 Å². The molecule has 5 unspecified atom stereocenters. The van der Waals surface area contributed by atoms with E-state index in [1.165, 1.54) is 37.2 Å². The van der Waals surface area contributed by atoms with Crippen molar-refractivity contribution in [3.63, 3.8) is 0 Å². The third-order valence-electron chi connectivity index (χ3n) is 4.69. The van der Waals surface area contributed by atoms with Gasteiger partial charge in [0.15, 0.2) is 0 Å².